The van der Waals surface area contributed by atoms with E-state index in [-0.39, 0.29) is 24.0 Å². The Morgan fingerprint density at radius 2 is 2.20 bits per heavy atom. The summed E-state index contributed by atoms with van der Waals surface area (Å²) in [5.74, 6) is 2.10. The van der Waals surface area contributed by atoms with E-state index in [1.54, 1.807) is 0 Å². The monoisotopic (exact) mass is 498 g/mol. The molecule has 2 heterocycles. The van der Waals surface area contributed by atoms with Gasteiger partial charge in [0.1, 0.15) is 0 Å². The maximum Gasteiger partial charge on any atom is 0.191 e. The zero-order chi connectivity index (χ0) is 17.0. The van der Waals surface area contributed by atoms with Gasteiger partial charge in [0.25, 0.3) is 0 Å². The fourth-order valence-electron chi connectivity index (χ4n) is 2.70. The van der Waals surface area contributed by atoms with Crippen LogP contribution in [0.4, 0.5) is 0 Å². The number of morpholine rings is 1. The first-order valence-electron chi connectivity index (χ1n) is 8.71. The highest BCUT2D eigenvalue weighted by molar-refractivity contribution is 14.0. The van der Waals surface area contributed by atoms with Crippen molar-refractivity contribution in [1.82, 2.24) is 15.5 Å². The maximum atomic E-state index is 5.51. The summed E-state index contributed by atoms with van der Waals surface area (Å²) >= 11 is 3.70. The molecule has 1 saturated heterocycles. The van der Waals surface area contributed by atoms with E-state index in [2.05, 4.69) is 46.2 Å². The Balaban J connectivity index is 0.00000312. The second kappa shape index (κ2) is 14.1. The van der Waals surface area contributed by atoms with E-state index in [1.165, 1.54) is 10.6 Å². The van der Waals surface area contributed by atoms with Crippen molar-refractivity contribution in [3.8, 4) is 0 Å². The van der Waals surface area contributed by atoms with Gasteiger partial charge in [-0.05, 0) is 36.8 Å². The van der Waals surface area contributed by atoms with Crippen molar-refractivity contribution in [2.45, 2.75) is 19.4 Å². The lowest BCUT2D eigenvalue weighted by atomic mass is 10.2. The Bertz CT molecular complexity index is 467. The topological polar surface area (TPSA) is 48.9 Å². The van der Waals surface area contributed by atoms with Crippen LogP contribution >= 0.6 is 47.1 Å². The van der Waals surface area contributed by atoms with Crippen LogP contribution in [0.5, 0.6) is 0 Å². The summed E-state index contributed by atoms with van der Waals surface area (Å²) in [4.78, 5) is 8.74. The highest BCUT2D eigenvalue weighted by atomic mass is 127. The Morgan fingerprint density at radius 1 is 1.40 bits per heavy atom. The predicted molar refractivity (Wildman–Crippen MR) is 122 cm³/mol. The summed E-state index contributed by atoms with van der Waals surface area (Å²) in [5, 5.41) is 8.95. The van der Waals surface area contributed by atoms with Gasteiger partial charge in [0, 0.05) is 31.1 Å². The molecule has 0 saturated carbocycles. The molecule has 1 unspecified atom stereocenters. The van der Waals surface area contributed by atoms with E-state index >= 15 is 0 Å². The summed E-state index contributed by atoms with van der Waals surface area (Å²) in [5.41, 5.74) is 0. The molecular formula is C17H31IN4OS2. The van der Waals surface area contributed by atoms with Gasteiger partial charge in [0.15, 0.2) is 5.96 Å². The third-order valence-electron chi connectivity index (χ3n) is 3.94. The number of thioether (sulfide) groups is 1. The Kier molecular flexibility index (Phi) is 13.0. The Labute approximate surface area is 177 Å². The van der Waals surface area contributed by atoms with Gasteiger partial charge in [-0.1, -0.05) is 6.07 Å². The van der Waals surface area contributed by atoms with Crippen molar-refractivity contribution in [1.29, 1.82) is 0 Å². The summed E-state index contributed by atoms with van der Waals surface area (Å²) in [7, 11) is 0. The number of rotatable bonds is 9. The Morgan fingerprint density at radius 3 is 2.84 bits per heavy atom. The van der Waals surface area contributed by atoms with Crippen molar-refractivity contribution in [2.24, 2.45) is 4.99 Å². The minimum Gasteiger partial charge on any atom is -0.379 e. The molecule has 2 N–H and O–H groups in total. The summed E-state index contributed by atoms with van der Waals surface area (Å²) in [6, 6.07) is 4.69. The molecule has 25 heavy (non-hydrogen) atoms. The molecule has 0 radical (unpaired) electrons. The fourth-order valence-corrected chi connectivity index (χ4v) is 3.98. The predicted octanol–water partition coefficient (Wildman–Crippen LogP) is 3.05. The van der Waals surface area contributed by atoms with Gasteiger partial charge >= 0.3 is 0 Å². The smallest absolute Gasteiger partial charge is 0.191 e. The molecule has 1 aliphatic rings. The summed E-state index contributed by atoms with van der Waals surface area (Å²) in [6.45, 7) is 8.34. The average molecular weight is 499 g/mol. The number of guanidine groups is 1. The molecule has 1 aliphatic heterocycles. The largest absolute Gasteiger partial charge is 0.379 e. The average Bonchev–Trinajstić information content (AvgIpc) is 3.14. The number of halogens is 1. The Hall–Kier alpha value is -0.0300. The van der Waals surface area contributed by atoms with Gasteiger partial charge in [0.05, 0.1) is 25.8 Å². The molecule has 5 nitrogen and oxygen atoms in total. The van der Waals surface area contributed by atoms with Crippen LogP contribution in [0.1, 0.15) is 24.3 Å². The molecule has 8 heteroatoms. The van der Waals surface area contributed by atoms with E-state index in [0.717, 1.165) is 58.3 Å². The lowest BCUT2D eigenvalue weighted by Crippen LogP contribution is -2.41. The number of ether oxygens (including phenoxy) is 1. The third kappa shape index (κ3) is 8.47. The molecule has 0 aliphatic carbocycles. The van der Waals surface area contributed by atoms with Crippen molar-refractivity contribution in [3.05, 3.63) is 22.4 Å². The van der Waals surface area contributed by atoms with Crippen molar-refractivity contribution in [3.63, 3.8) is 0 Å². The molecule has 144 valence electrons. The molecule has 1 fully saturated rings. The number of hydrogen-bond acceptors (Lipinski definition) is 5. The van der Waals surface area contributed by atoms with Crippen molar-refractivity contribution < 1.29 is 4.74 Å². The molecule has 1 aromatic rings. The van der Waals surface area contributed by atoms with E-state index in [4.69, 9.17) is 9.73 Å². The van der Waals surface area contributed by atoms with Crippen LogP contribution in [-0.4, -0.2) is 68.8 Å². The molecule has 0 amide bonds. The van der Waals surface area contributed by atoms with Gasteiger partial charge < -0.3 is 15.4 Å². The summed E-state index contributed by atoms with van der Waals surface area (Å²) in [6.07, 6.45) is 3.30. The fraction of sp³-hybridized carbons (Fsp3) is 0.706. The minimum atomic E-state index is 0. The van der Waals surface area contributed by atoms with Crippen LogP contribution in [0.2, 0.25) is 0 Å². The van der Waals surface area contributed by atoms with Crippen LogP contribution in [0.25, 0.3) is 0 Å². The van der Waals surface area contributed by atoms with Gasteiger partial charge in [-0.15, -0.1) is 35.3 Å². The number of nitrogens with one attached hydrogen (secondary N) is 2. The first-order chi connectivity index (χ1) is 11.8. The quantitative estimate of drug-likeness (QED) is 0.237. The van der Waals surface area contributed by atoms with Gasteiger partial charge in [-0.25, -0.2) is 0 Å². The molecule has 0 aromatic carbocycles. The molecule has 1 atom stereocenters. The number of nitrogens with zero attached hydrogens (tertiary/aromatic N) is 2. The van der Waals surface area contributed by atoms with Crippen LogP contribution < -0.4 is 10.6 Å². The summed E-state index contributed by atoms with van der Waals surface area (Å²) < 4.78 is 5.51. The van der Waals surface area contributed by atoms with Crippen LogP contribution in [0, 0.1) is 0 Å². The molecule has 1 aromatic heterocycles. The SMILES string of the molecule is CCNC(=NCC(c1cccs1)N1CCOCC1)NCCCSC.I. The highest BCUT2D eigenvalue weighted by Crippen LogP contribution is 2.26. The number of hydrogen-bond donors (Lipinski definition) is 2. The second-order valence-electron chi connectivity index (χ2n) is 5.67. The first-order valence-corrected chi connectivity index (χ1v) is 11.0. The third-order valence-corrected chi connectivity index (χ3v) is 5.61. The molecule has 2 rings (SSSR count). The van der Waals surface area contributed by atoms with E-state index in [0.29, 0.717) is 6.04 Å². The standard InChI is InChI=1S/C17H30N4OS2.HI/c1-3-18-17(19-7-5-12-23-2)20-14-15(16-6-4-13-24-16)21-8-10-22-11-9-21;/h4,6,13,15H,3,5,7-12,14H2,1-2H3,(H2,18,19,20);1H. The van der Waals surface area contributed by atoms with Gasteiger partial charge in [-0.2, -0.15) is 11.8 Å². The van der Waals surface area contributed by atoms with E-state index < -0.39 is 0 Å². The maximum absolute atomic E-state index is 5.51. The normalized spacial score (nSPS) is 17.0. The van der Waals surface area contributed by atoms with Gasteiger partial charge in [-0.3, -0.25) is 9.89 Å². The van der Waals surface area contributed by atoms with Crippen LogP contribution in [-0.2, 0) is 4.74 Å². The second-order valence-corrected chi connectivity index (χ2v) is 7.64. The zero-order valence-corrected chi connectivity index (χ0v) is 19.2. The van der Waals surface area contributed by atoms with Crippen LogP contribution in [0.3, 0.4) is 0 Å². The van der Waals surface area contributed by atoms with Gasteiger partial charge in [0.2, 0.25) is 0 Å². The zero-order valence-electron chi connectivity index (χ0n) is 15.2. The first kappa shape index (κ1) is 23.0. The molecule has 0 spiro atoms. The minimum absolute atomic E-state index is 0. The van der Waals surface area contributed by atoms with Crippen LogP contribution in [0.15, 0.2) is 22.5 Å². The molecular weight excluding hydrogens is 467 g/mol. The molecule has 0 bridgehead atoms. The number of aliphatic imine (C=N–C) groups is 1. The van der Waals surface area contributed by atoms with Crippen molar-refractivity contribution >= 4 is 53.0 Å². The lowest BCUT2D eigenvalue weighted by Gasteiger charge is -2.33. The van der Waals surface area contributed by atoms with E-state index in [9.17, 15) is 0 Å². The van der Waals surface area contributed by atoms with Crippen molar-refractivity contribution in [2.75, 3.05) is 57.9 Å². The van der Waals surface area contributed by atoms with E-state index in [1.807, 2.05) is 23.1 Å². The number of thiophene rings is 1. The lowest BCUT2D eigenvalue weighted by molar-refractivity contribution is 0.0186. The highest BCUT2D eigenvalue weighted by Gasteiger charge is 2.23.